The first kappa shape index (κ1) is 41.1. The molecule has 2 aliphatic heterocycles. The van der Waals surface area contributed by atoms with E-state index in [0.29, 0.717) is 17.8 Å². The molecule has 0 N–H and O–H groups in total. The van der Waals surface area contributed by atoms with Gasteiger partial charge in [-0.15, -0.1) is 0 Å². The van der Waals surface area contributed by atoms with Gasteiger partial charge in [0.1, 0.15) is 31.1 Å². The average Bonchev–Trinajstić information content (AvgIpc) is 3.73. The van der Waals surface area contributed by atoms with Crippen LogP contribution in [-0.2, 0) is 15.6 Å². The molecule has 338 valence electrons. The molecular formula is C65H62O2Si. The maximum atomic E-state index is 6.97. The molecule has 8 aliphatic carbocycles. The van der Waals surface area contributed by atoms with Crippen LogP contribution in [0.4, 0.5) is 0 Å². The van der Waals surface area contributed by atoms with Crippen molar-refractivity contribution in [3.63, 3.8) is 0 Å². The molecule has 2 nitrogen and oxygen atoms in total. The van der Waals surface area contributed by atoms with Gasteiger partial charge in [0.05, 0.1) is 0 Å². The maximum absolute atomic E-state index is 6.97. The van der Waals surface area contributed by atoms with Gasteiger partial charge in [-0.1, -0.05) is 170 Å². The van der Waals surface area contributed by atoms with Crippen molar-refractivity contribution in [3.8, 4) is 28.0 Å². The molecular weight excluding hydrogens is 841 g/mol. The summed E-state index contributed by atoms with van der Waals surface area (Å²) in [4.78, 5) is 0. The normalized spacial score (nSPS) is 27.0. The Hall–Kier alpha value is -5.90. The highest BCUT2D eigenvalue weighted by Crippen LogP contribution is 2.62. The van der Waals surface area contributed by atoms with Crippen LogP contribution in [-0.4, -0.2) is 8.07 Å². The molecule has 68 heavy (non-hydrogen) atoms. The monoisotopic (exact) mass is 902 g/mol. The summed E-state index contributed by atoms with van der Waals surface area (Å²) in [5, 5.41) is 3.05. The van der Waals surface area contributed by atoms with E-state index in [-0.39, 0.29) is 22.2 Å². The first-order chi connectivity index (χ1) is 32.7. The molecule has 4 atom stereocenters. The Morgan fingerprint density at radius 2 is 1.41 bits per heavy atom. The SMILES string of the molecule is CC1(C)C2=C(OC3=C1CCC=C3)C1c3ccc(-c4ccc5c(c4)C4=CC=CCC4c4cc(C6=CC=C7c8c(ccc9c8OC8=C(CCC=C8)[Si]9(C)C)C(C)(C)C7C6)ccc4-5)cc3C(C)(C)C1C=C2. The predicted octanol–water partition coefficient (Wildman–Crippen LogP) is 16.2. The van der Waals surface area contributed by atoms with Crippen molar-refractivity contribution in [1.82, 2.24) is 0 Å². The molecule has 4 aromatic rings. The number of allylic oxidation sites excluding steroid dienone is 18. The summed E-state index contributed by atoms with van der Waals surface area (Å²) in [6.45, 7) is 19.7. The van der Waals surface area contributed by atoms with Gasteiger partial charge < -0.3 is 9.47 Å². The predicted molar refractivity (Wildman–Crippen MR) is 284 cm³/mol. The van der Waals surface area contributed by atoms with Crippen molar-refractivity contribution in [3.05, 3.63) is 206 Å². The van der Waals surface area contributed by atoms with E-state index >= 15 is 0 Å². The van der Waals surface area contributed by atoms with Gasteiger partial charge in [-0.25, -0.2) is 0 Å². The van der Waals surface area contributed by atoms with Crippen LogP contribution < -0.4 is 9.92 Å². The number of rotatable bonds is 2. The summed E-state index contributed by atoms with van der Waals surface area (Å²) in [6, 6.07) is 27.0. The number of fused-ring (bicyclic) bond motifs is 15. The van der Waals surface area contributed by atoms with E-state index in [0.717, 1.165) is 55.8 Å². The van der Waals surface area contributed by atoms with E-state index in [9.17, 15) is 0 Å². The second-order valence-electron chi connectivity index (χ2n) is 23.7. The quantitative estimate of drug-likeness (QED) is 0.187. The Balaban J connectivity index is 0.807. The third kappa shape index (κ3) is 5.40. The molecule has 4 unspecified atom stereocenters. The highest BCUT2D eigenvalue weighted by atomic mass is 28.3. The van der Waals surface area contributed by atoms with Gasteiger partial charge in [-0.3, -0.25) is 0 Å². The maximum Gasteiger partial charge on any atom is 0.134 e. The molecule has 14 rings (SSSR count). The van der Waals surface area contributed by atoms with Crippen molar-refractivity contribution in [1.29, 1.82) is 0 Å². The first-order valence-electron chi connectivity index (χ1n) is 25.7. The Bertz CT molecular complexity index is 3350. The summed E-state index contributed by atoms with van der Waals surface area (Å²) in [5.41, 5.74) is 22.3. The Kier molecular flexibility index (Phi) is 8.39. The smallest absolute Gasteiger partial charge is 0.134 e. The second kappa shape index (κ2) is 13.9. The van der Waals surface area contributed by atoms with Gasteiger partial charge in [0.25, 0.3) is 0 Å². The van der Waals surface area contributed by atoms with Crippen molar-refractivity contribution in [2.75, 3.05) is 0 Å². The Morgan fingerprint density at radius 1 is 0.632 bits per heavy atom. The molecule has 10 aliphatic rings. The fourth-order valence-electron chi connectivity index (χ4n) is 15.1. The van der Waals surface area contributed by atoms with Crippen molar-refractivity contribution in [2.24, 2.45) is 17.3 Å². The molecule has 2 heterocycles. The van der Waals surface area contributed by atoms with E-state index in [1.807, 2.05) is 0 Å². The zero-order valence-corrected chi connectivity index (χ0v) is 42.1. The van der Waals surface area contributed by atoms with E-state index < -0.39 is 8.07 Å². The highest BCUT2D eigenvalue weighted by molar-refractivity contribution is 6.96. The van der Waals surface area contributed by atoms with E-state index in [1.165, 1.54) is 100 Å². The molecule has 0 aromatic heterocycles. The van der Waals surface area contributed by atoms with Gasteiger partial charge in [-0.2, -0.15) is 0 Å². The van der Waals surface area contributed by atoms with Crippen LogP contribution in [0, 0.1) is 17.3 Å². The van der Waals surface area contributed by atoms with Gasteiger partial charge in [-0.05, 0) is 162 Å². The molecule has 0 radical (unpaired) electrons. The van der Waals surface area contributed by atoms with Crippen molar-refractivity contribution in [2.45, 2.75) is 116 Å². The van der Waals surface area contributed by atoms with E-state index in [2.05, 4.69) is 188 Å². The molecule has 0 saturated heterocycles. The Morgan fingerprint density at radius 3 is 2.28 bits per heavy atom. The van der Waals surface area contributed by atoms with E-state index in [1.54, 1.807) is 5.20 Å². The second-order valence-corrected chi connectivity index (χ2v) is 28.1. The number of ether oxygens (including phenoxy) is 2. The standard InChI is InChI=1S/C65H62O2Si/c1-63(2)49-17-11-12-18-55(49)66-61-52(63)30-29-50-59(61)45-27-23-39(35-53(45)64(50,3)4)37-21-25-43-44-26-22-38(34-48(44)42-16-10-9-15-41(42)47(43)33-37)40-24-28-46-54(36-40)65(5,6)51-31-32-58-62(60(46)51)67-56-19-13-14-20-57(56)68(58,7)8/h9-10,12-13,15,18-19,21-35,42,50,54,59H,11,14,16-17,20,36H2,1-8H3. The molecule has 0 bridgehead atoms. The number of hydrogen-bond donors (Lipinski definition) is 0. The molecule has 0 spiro atoms. The summed E-state index contributed by atoms with van der Waals surface area (Å²) in [6.07, 6.45) is 32.4. The zero-order valence-electron chi connectivity index (χ0n) is 41.1. The average molecular weight is 903 g/mol. The topological polar surface area (TPSA) is 18.5 Å². The van der Waals surface area contributed by atoms with Gasteiger partial charge in [0.15, 0.2) is 0 Å². The molecule has 0 fully saturated rings. The van der Waals surface area contributed by atoms with Crippen LogP contribution in [0.5, 0.6) is 5.75 Å². The molecule has 0 amide bonds. The number of hydrogen-bond acceptors (Lipinski definition) is 2. The van der Waals surface area contributed by atoms with Crippen LogP contribution >= 0.6 is 0 Å². The fourth-order valence-corrected chi connectivity index (χ4v) is 18.2. The summed E-state index contributed by atoms with van der Waals surface area (Å²) < 4.78 is 13.9. The van der Waals surface area contributed by atoms with Crippen LogP contribution in [0.15, 0.2) is 167 Å². The van der Waals surface area contributed by atoms with Gasteiger partial charge in [0.2, 0.25) is 0 Å². The van der Waals surface area contributed by atoms with Crippen LogP contribution in [0.2, 0.25) is 13.1 Å². The lowest BCUT2D eigenvalue weighted by Crippen LogP contribution is -2.49. The lowest BCUT2D eigenvalue weighted by molar-refractivity contribution is 0.213. The highest BCUT2D eigenvalue weighted by Gasteiger charge is 2.53. The zero-order chi connectivity index (χ0) is 46.2. The largest absolute Gasteiger partial charge is 0.461 e. The van der Waals surface area contributed by atoms with Crippen LogP contribution in [0.3, 0.4) is 0 Å². The van der Waals surface area contributed by atoms with Crippen LogP contribution in [0.1, 0.15) is 131 Å². The summed E-state index contributed by atoms with van der Waals surface area (Å²) >= 11 is 0. The summed E-state index contributed by atoms with van der Waals surface area (Å²) in [7, 11) is -1.85. The molecule has 0 saturated carbocycles. The minimum Gasteiger partial charge on any atom is -0.461 e. The first-order valence-corrected chi connectivity index (χ1v) is 28.7. The van der Waals surface area contributed by atoms with Gasteiger partial charge >= 0.3 is 0 Å². The molecule has 4 aromatic carbocycles. The minimum atomic E-state index is -1.85. The third-order valence-corrected chi connectivity index (χ3v) is 22.8. The van der Waals surface area contributed by atoms with Crippen molar-refractivity contribution < 1.29 is 9.47 Å². The fraction of sp³-hybridized carbons (Fsp3) is 0.323. The number of benzene rings is 4. The lowest BCUT2D eigenvalue weighted by atomic mass is 9.66. The van der Waals surface area contributed by atoms with Gasteiger partial charge in [0, 0.05) is 34.3 Å². The molecule has 3 heteroatoms. The van der Waals surface area contributed by atoms with E-state index in [4.69, 9.17) is 9.47 Å². The minimum absolute atomic E-state index is 0.00235. The van der Waals surface area contributed by atoms with Crippen molar-refractivity contribution >= 4 is 30.0 Å². The Labute approximate surface area is 404 Å². The summed E-state index contributed by atoms with van der Waals surface area (Å²) in [5.74, 6) is 5.84. The van der Waals surface area contributed by atoms with Crippen LogP contribution in [0.25, 0.3) is 39.0 Å². The lowest BCUT2D eigenvalue weighted by Gasteiger charge is -2.43. The third-order valence-electron chi connectivity index (χ3n) is 19.0.